The van der Waals surface area contributed by atoms with Gasteiger partial charge in [0.05, 0.1) is 0 Å². The van der Waals surface area contributed by atoms with Gasteiger partial charge in [0.15, 0.2) is 0 Å². The highest BCUT2D eigenvalue weighted by Crippen LogP contribution is 2.22. The number of rotatable bonds is 6. The monoisotopic (exact) mass is 307 g/mol. The smallest absolute Gasteiger partial charge is 0.203 e. The number of carbonyl (C=O) groups is 1. The van der Waals surface area contributed by atoms with E-state index in [4.69, 9.17) is 4.74 Å². The van der Waals surface area contributed by atoms with Gasteiger partial charge >= 0.3 is 0 Å². The van der Waals surface area contributed by atoms with E-state index in [2.05, 4.69) is 6.58 Å². The summed E-state index contributed by atoms with van der Waals surface area (Å²) in [5.41, 5.74) is 0.816. The zero-order valence-electron chi connectivity index (χ0n) is 12.3. The fourth-order valence-electron chi connectivity index (χ4n) is 1.94. The molecule has 0 aliphatic rings. The molecule has 0 saturated heterocycles. The predicted octanol–water partition coefficient (Wildman–Crippen LogP) is 4.18. The van der Waals surface area contributed by atoms with E-state index in [0.29, 0.717) is 17.9 Å². The first-order valence-corrected chi connectivity index (χ1v) is 6.90. The molecule has 0 saturated carbocycles. The number of ether oxygens (including phenoxy) is 1. The Balaban J connectivity index is 2.35. The molecule has 0 bridgehead atoms. The molecule has 4 heteroatoms. The number of allylic oxidation sites excluding steroid dienone is 1. The summed E-state index contributed by atoms with van der Waals surface area (Å²) in [5, 5.41) is 9.27. The average molecular weight is 307 g/mol. The predicted molar refractivity (Wildman–Crippen MR) is 86.5 cm³/mol. The molecule has 114 valence electrons. The normalized spacial score (nSPS) is 10.7. The first-order chi connectivity index (χ1) is 11.2. The van der Waals surface area contributed by atoms with Crippen LogP contribution < -0.4 is 4.74 Å². The molecule has 0 amide bonds. The Hall–Kier alpha value is -3.19. The number of hydrogen-bond acceptors (Lipinski definition) is 3. The maximum absolute atomic E-state index is 12.9. The zero-order valence-corrected chi connectivity index (χ0v) is 12.3. The number of nitrogens with zero attached hydrogens (tertiary/aromatic N) is 1. The van der Waals surface area contributed by atoms with Crippen molar-refractivity contribution in [1.82, 2.24) is 0 Å². The maximum Gasteiger partial charge on any atom is 0.203 e. The van der Waals surface area contributed by atoms with Crippen molar-refractivity contribution in [3.8, 4) is 11.8 Å². The molecule has 2 rings (SSSR count). The van der Waals surface area contributed by atoms with Crippen LogP contribution in [0.2, 0.25) is 0 Å². The number of carbonyl (C=O) groups excluding carboxylic acids is 1. The summed E-state index contributed by atoms with van der Waals surface area (Å²) >= 11 is 0. The van der Waals surface area contributed by atoms with Crippen LogP contribution in [0, 0.1) is 17.1 Å². The van der Waals surface area contributed by atoms with Crippen molar-refractivity contribution in [2.75, 3.05) is 6.61 Å². The zero-order chi connectivity index (χ0) is 16.7. The second-order valence-corrected chi connectivity index (χ2v) is 4.64. The summed E-state index contributed by atoms with van der Waals surface area (Å²) in [4.78, 5) is 12.3. The maximum atomic E-state index is 12.9. The van der Waals surface area contributed by atoms with Gasteiger partial charge in [-0.3, -0.25) is 4.79 Å². The Morgan fingerprint density at radius 1 is 1.22 bits per heavy atom. The van der Waals surface area contributed by atoms with Crippen LogP contribution >= 0.6 is 0 Å². The Morgan fingerprint density at radius 3 is 2.57 bits per heavy atom. The summed E-state index contributed by atoms with van der Waals surface area (Å²) in [6.07, 6.45) is 3.07. The summed E-state index contributed by atoms with van der Waals surface area (Å²) < 4.78 is 18.4. The molecular weight excluding hydrogens is 293 g/mol. The topological polar surface area (TPSA) is 50.1 Å². The van der Waals surface area contributed by atoms with Crippen molar-refractivity contribution < 1.29 is 13.9 Å². The van der Waals surface area contributed by atoms with Gasteiger partial charge in [-0.2, -0.15) is 5.26 Å². The van der Waals surface area contributed by atoms with Gasteiger partial charge in [0, 0.05) is 11.1 Å². The summed E-state index contributed by atoms with van der Waals surface area (Å²) in [6, 6.07) is 14.0. The van der Waals surface area contributed by atoms with Crippen molar-refractivity contribution in [1.29, 1.82) is 5.26 Å². The molecule has 0 heterocycles. The lowest BCUT2D eigenvalue weighted by Crippen LogP contribution is -2.02. The van der Waals surface area contributed by atoms with Crippen molar-refractivity contribution in [2.45, 2.75) is 0 Å². The van der Waals surface area contributed by atoms with Crippen LogP contribution in [-0.4, -0.2) is 12.4 Å². The van der Waals surface area contributed by atoms with Crippen LogP contribution in [0.4, 0.5) is 4.39 Å². The third-order valence-electron chi connectivity index (χ3n) is 3.05. The molecule has 0 N–H and O–H groups in total. The van der Waals surface area contributed by atoms with Crippen LogP contribution in [0.5, 0.6) is 5.75 Å². The van der Waals surface area contributed by atoms with Gasteiger partial charge in [-0.1, -0.05) is 30.9 Å². The second kappa shape index (κ2) is 7.71. The lowest BCUT2D eigenvalue weighted by molar-refractivity contribution is 0.104. The van der Waals surface area contributed by atoms with E-state index in [-0.39, 0.29) is 11.1 Å². The summed E-state index contributed by atoms with van der Waals surface area (Å²) in [6.45, 7) is 3.90. The fourth-order valence-corrected chi connectivity index (χ4v) is 1.94. The quantitative estimate of drug-likeness (QED) is 0.348. The van der Waals surface area contributed by atoms with Crippen LogP contribution in [0.15, 0.2) is 66.8 Å². The lowest BCUT2D eigenvalue weighted by atomic mass is 10.0. The number of halogens is 1. The number of Topliss-reactive ketones (excluding diaryl/α,β-unsaturated/α-hetero) is 1. The van der Waals surface area contributed by atoms with Crippen LogP contribution in [-0.2, 0) is 0 Å². The van der Waals surface area contributed by atoms with E-state index in [0.717, 1.165) is 0 Å². The highest BCUT2D eigenvalue weighted by Gasteiger charge is 2.13. The molecule has 2 aromatic carbocycles. The highest BCUT2D eigenvalue weighted by molar-refractivity contribution is 6.14. The number of benzene rings is 2. The SMILES string of the molecule is C=CCOc1ccccc1/C=C(\C#N)C(=O)c1ccc(F)cc1. The minimum absolute atomic E-state index is 0.0498. The van der Waals surface area contributed by atoms with Gasteiger partial charge in [0.25, 0.3) is 0 Å². The van der Waals surface area contributed by atoms with E-state index in [1.54, 1.807) is 30.3 Å². The summed E-state index contributed by atoms with van der Waals surface area (Å²) in [7, 11) is 0. The van der Waals surface area contributed by atoms with Gasteiger partial charge in [0.2, 0.25) is 5.78 Å². The Kier molecular flexibility index (Phi) is 5.43. The molecule has 0 aliphatic heterocycles. The molecule has 2 aromatic rings. The molecule has 0 unspecified atom stereocenters. The molecule has 0 radical (unpaired) electrons. The third kappa shape index (κ3) is 4.14. The van der Waals surface area contributed by atoms with Crippen molar-refractivity contribution in [3.05, 3.63) is 83.7 Å². The van der Waals surface area contributed by atoms with Gasteiger partial charge in [-0.15, -0.1) is 0 Å². The molecular formula is C19H14FNO2. The first kappa shape index (κ1) is 16.2. The van der Waals surface area contributed by atoms with Crippen LogP contribution in [0.1, 0.15) is 15.9 Å². The lowest BCUT2D eigenvalue weighted by Gasteiger charge is -2.07. The Labute approximate surface area is 133 Å². The van der Waals surface area contributed by atoms with Crippen LogP contribution in [0.3, 0.4) is 0 Å². The molecule has 0 aromatic heterocycles. The third-order valence-corrected chi connectivity index (χ3v) is 3.05. The largest absolute Gasteiger partial charge is 0.489 e. The molecule has 0 aliphatic carbocycles. The van der Waals surface area contributed by atoms with Crippen LogP contribution in [0.25, 0.3) is 6.08 Å². The molecule has 0 fully saturated rings. The standard InChI is InChI=1S/C19H14FNO2/c1-2-11-23-18-6-4-3-5-15(18)12-16(13-21)19(22)14-7-9-17(20)10-8-14/h2-10,12H,1,11H2/b16-12+. The number of nitriles is 1. The molecule has 3 nitrogen and oxygen atoms in total. The number of hydrogen-bond donors (Lipinski definition) is 0. The van der Waals surface area contributed by atoms with Gasteiger partial charge in [-0.25, -0.2) is 4.39 Å². The summed E-state index contributed by atoms with van der Waals surface area (Å²) in [5.74, 6) is -0.356. The minimum atomic E-state index is -0.467. The highest BCUT2D eigenvalue weighted by atomic mass is 19.1. The number of ketones is 1. The Bertz CT molecular complexity index is 786. The van der Waals surface area contributed by atoms with E-state index in [1.165, 1.54) is 30.3 Å². The van der Waals surface area contributed by atoms with E-state index in [9.17, 15) is 14.4 Å². The molecule has 0 atom stereocenters. The molecule has 23 heavy (non-hydrogen) atoms. The fraction of sp³-hybridized carbons (Fsp3) is 0.0526. The Morgan fingerprint density at radius 2 is 1.91 bits per heavy atom. The minimum Gasteiger partial charge on any atom is -0.489 e. The van der Waals surface area contributed by atoms with Gasteiger partial charge < -0.3 is 4.74 Å². The first-order valence-electron chi connectivity index (χ1n) is 6.90. The van der Waals surface area contributed by atoms with Gasteiger partial charge in [-0.05, 0) is 36.4 Å². The van der Waals surface area contributed by atoms with Crippen molar-refractivity contribution in [3.63, 3.8) is 0 Å². The molecule has 0 spiro atoms. The van der Waals surface area contributed by atoms with E-state index >= 15 is 0 Å². The second-order valence-electron chi connectivity index (χ2n) is 4.64. The van der Waals surface area contributed by atoms with Crippen molar-refractivity contribution in [2.24, 2.45) is 0 Å². The number of para-hydroxylation sites is 1. The van der Waals surface area contributed by atoms with E-state index < -0.39 is 11.6 Å². The van der Waals surface area contributed by atoms with Gasteiger partial charge in [0.1, 0.15) is 29.8 Å². The van der Waals surface area contributed by atoms with E-state index in [1.807, 2.05) is 6.07 Å². The average Bonchev–Trinajstić information content (AvgIpc) is 2.58. The van der Waals surface area contributed by atoms with Crippen molar-refractivity contribution >= 4 is 11.9 Å².